The van der Waals surface area contributed by atoms with Crippen molar-refractivity contribution in [1.82, 2.24) is 0 Å². The number of hydrogen-bond acceptors (Lipinski definition) is 3. The third kappa shape index (κ3) is 2.06. The van der Waals surface area contributed by atoms with E-state index in [9.17, 15) is 9.90 Å². The molecule has 0 aliphatic rings. The van der Waals surface area contributed by atoms with Gasteiger partial charge in [-0.2, -0.15) is 0 Å². The molecule has 0 aliphatic carbocycles. The first-order valence-corrected chi connectivity index (χ1v) is 4.80. The van der Waals surface area contributed by atoms with Gasteiger partial charge in [0.2, 0.25) is 0 Å². The first-order valence-electron chi connectivity index (χ1n) is 4.80. The van der Waals surface area contributed by atoms with Crippen LogP contribution in [0, 0.1) is 6.92 Å². The first kappa shape index (κ1) is 10.3. The van der Waals surface area contributed by atoms with Gasteiger partial charge in [-0.3, -0.25) is 4.79 Å². The van der Waals surface area contributed by atoms with Crippen LogP contribution >= 0.6 is 0 Å². The molecular formula is C12H11NO3. The Morgan fingerprint density at radius 1 is 1.38 bits per heavy atom. The highest BCUT2D eigenvalue weighted by atomic mass is 16.3. The number of rotatable bonds is 2. The van der Waals surface area contributed by atoms with Crippen LogP contribution in [-0.2, 0) is 0 Å². The lowest BCUT2D eigenvalue weighted by atomic mass is 10.2. The second kappa shape index (κ2) is 4.10. The Bertz CT molecular complexity index is 503. The van der Waals surface area contributed by atoms with Crippen molar-refractivity contribution < 1.29 is 14.3 Å². The van der Waals surface area contributed by atoms with Crippen molar-refractivity contribution in [3.05, 3.63) is 47.9 Å². The van der Waals surface area contributed by atoms with Gasteiger partial charge < -0.3 is 14.8 Å². The number of benzene rings is 1. The fraction of sp³-hybridized carbons (Fsp3) is 0.0833. The maximum absolute atomic E-state index is 11.7. The summed E-state index contributed by atoms with van der Waals surface area (Å²) in [5.41, 5.74) is 1.94. The van der Waals surface area contributed by atoms with Crippen LogP contribution < -0.4 is 5.32 Å². The molecule has 4 nitrogen and oxygen atoms in total. The Balaban J connectivity index is 2.18. The maximum Gasteiger partial charge on any atom is 0.258 e. The van der Waals surface area contributed by atoms with E-state index in [2.05, 4.69) is 5.32 Å². The predicted molar refractivity (Wildman–Crippen MR) is 59.5 cm³/mol. The average molecular weight is 217 g/mol. The first-order chi connectivity index (χ1) is 7.66. The SMILES string of the molecule is Cc1cc(O)ccc1NC(=O)c1ccoc1. The molecule has 1 aromatic heterocycles. The molecule has 0 saturated carbocycles. The van der Waals surface area contributed by atoms with Crippen molar-refractivity contribution in [2.75, 3.05) is 5.32 Å². The second-order valence-electron chi connectivity index (χ2n) is 3.47. The highest BCUT2D eigenvalue weighted by molar-refractivity contribution is 6.04. The van der Waals surface area contributed by atoms with Gasteiger partial charge in [-0.1, -0.05) is 0 Å². The number of carbonyl (C=O) groups is 1. The molecule has 0 saturated heterocycles. The smallest absolute Gasteiger partial charge is 0.258 e. The van der Waals surface area contributed by atoms with E-state index < -0.39 is 0 Å². The molecule has 1 amide bonds. The fourth-order valence-corrected chi connectivity index (χ4v) is 1.38. The largest absolute Gasteiger partial charge is 0.508 e. The number of nitrogens with one attached hydrogen (secondary N) is 1. The summed E-state index contributed by atoms with van der Waals surface area (Å²) in [7, 11) is 0. The summed E-state index contributed by atoms with van der Waals surface area (Å²) in [6, 6.07) is 6.36. The van der Waals surface area contributed by atoms with Gasteiger partial charge in [0.15, 0.2) is 0 Å². The van der Waals surface area contributed by atoms with Crippen LogP contribution in [0.5, 0.6) is 5.75 Å². The van der Waals surface area contributed by atoms with Crippen LogP contribution in [0.2, 0.25) is 0 Å². The predicted octanol–water partition coefficient (Wildman–Crippen LogP) is 2.55. The minimum Gasteiger partial charge on any atom is -0.508 e. The van der Waals surface area contributed by atoms with Crippen LogP contribution in [0.15, 0.2) is 41.2 Å². The summed E-state index contributed by atoms with van der Waals surface area (Å²) < 4.78 is 4.82. The Hall–Kier alpha value is -2.23. The zero-order valence-electron chi connectivity index (χ0n) is 8.73. The van der Waals surface area contributed by atoms with Crippen molar-refractivity contribution in [1.29, 1.82) is 0 Å². The van der Waals surface area contributed by atoms with E-state index in [0.717, 1.165) is 5.56 Å². The molecule has 82 valence electrons. The molecule has 1 aromatic carbocycles. The van der Waals surface area contributed by atoms with Gasteiger partial charge in [-0.25, -0.2) is 0 Å². The fourth-order valence-electron chi connectivity index (χ4n) is 1.38. The second-order valence-corrected chi connectivity index (χ2v) is 3.47. The molecule has 0 aliphatic heterocycles. The quantitative estimate of drug-likeness (QED) is 0.760. The summed E-state index contributed by atoms with van der Waals surface area (Å²) in [6.45, 7) is 1.81. The summed E-state index contributed by atoms with van der Waals surface area (Å²) in [4.78, 5) is 11.7. The van der Waals surface area contributed by atoms with E-state index in [0.29, 0.717) is 11.3 Å². The number of aromatic hydroxyl groups is 1. The van der Waals surface area contributed by atoms with E-state index in [4.69, 9.17) is 4.42 Å². The lowest BCUT2D eigenvalue weighted by molar-refractivity contribution is 0.102. The van der Waals surface area contributed by atoms with Crippen LogP contribution in [-0.4, -0.2) is 11.0 Å². The molecule has 1 heterocycles. The molecule has 0 radical (unpaired) electrons. The van der Waals surface area contributed by atoms with Gasteiger partial charge in [-0.15, -0.1) is 0 Å². The number of aryl methyl sites for hydroxylation is 1. The summed E-state index contributed by atoms with van der Waals surface area (Å²) >= 11 is 0. The number of anilines is 1. The highest BCUT2D eigenvalue weighted by Gasteiger charge is 2.08. The molecule has 2 N–H and O–H groups in total. The van der Waals surface area contributed by atoms with E-state index in [1.807, 2.05) is 6.92 Å². The standard InChI is InChI=1S/C12H11NO3/c1-8-6-10(14)2-3-11(8)13-12(15)9-4-5-16-7-9/h2-7,14H,1H3,(H,13,15). The topological polar surface area (TPSA) is 62.5 Å². The Labute approximate surface area is 92.5 Å². The molecule has 0 fully saturated rings. The van der Waals surface area contributed by atoms with Crippen LogP contribution in [0.1, 0.15) is 15.9 Å². The molecule has 0 unspecified atom stereocenters. The number of phenolic OH excluding ortho intramolecular Hbond substituents is 1. The Kier molecular flexibility index (Phi) is 2.64. The van der Waals surface area contributed by atoms with E-state index in [-0.39, 0.29) is 11.7 Å². The molecule has 2 aromatic rings. The van der Waals surface area contributed by atoms with Crippen molar-refractivity contribution in [3.8, 4) is 5.75 Å². The van der Waals surface area contributed by atoms with Crippen molar-refractivity contribution in [2.24, 2.45) is 0 Å². The number of hydrogen-bond donors (Lipinski definition) is 2. The van der Waals surface area contributed by atoms with Gasteiger partial charge in [-0.05, 0) is 36.8 Å². The average Bonchev–Trinajstić information content (AvgIpc) is 2.75. The van der Waals surface area contributed by atoms with E-state index >= 15 is 0 Å². The Morgan fingerprint density at radius 2 is 2.19 bits per heavy atom. The van der Waals surface area contributed by atoms with Gasteiger partial charge in [0.05, 0.1) is 11.8 Å². The number of amides is 1. The lowest BCUT2D eigenvalue weighted by Crippen LogP contribution is -2.11. The minimum atomic E-state index is -0.234. The minimum absolute atomic E-state index is 0.179. The lowest BCUT2D eigenvalue weighted by Gasteiger charge is -2.07. The van der Waals surface area contributed by atoms with Gasteiger partial charge in [0, 0.05) is 5.69 Å². The Morgan fingerprint density at radius 3 is 2.81 bits per heavy atom. The number of carbonyl (C=O) groups excluding carboxylic acids is 1. The van der Waals surface area contributed by atoms with Crippen molar-refractivity contribution in [3.63, 3.8) is 0 Å². The summed E-state index contributed by atoms with van der Waals surface area (Å²) in [5.74, 6) is -0.0543. The van der Waals surface area contributed by atoms with Crippen LogP contribution in [0.25, 0.3) is 0 Å². The van der Waals surface area contributed by atoms with Crippen LogP contribution in [0.3, 0.4) is 0 Å². The van der Waals surface area contributed by atoms with Crippen molar-refractivity contribution in [2.45, 2.75) is 6.92 Å². The zero-order chi connectivity index (χ0) is 11.5. The van der Waals surface area contributed by atoms with Gasteiger partial charge in [0.1, 0.15) is 12.0 Å². The molecule has 0 spiro atoms. The molecule has 16 heavy (non-hydrogen) atoms. The number of phenols is 1. The van der Waals surface area contributed by atoms with E-state index in [1.54, 1.807) is 18.2 Å². The number of furan rings is 1. The molecule has 2 rings (SSSR count). The summed E-state index contributed by atoms with van der Waals surface area (Å²) in [6.07, 6.45) is 2.82. The van der Waals surface area contributed by atoms with E-state index in [1.165, 1.54) is 18.6 Å². The molecule has 4 heteroatoms. The maximum atomic E-state index is 11.7. The highest BCUT2D eigenvalue weighted by Crippen LogP contribution is 2.20. The van der Waals surface area contributed by atoms with Crippen LogP contribution in [0.4, 0.5) is 5.69 Å². The monoisotopic (exact) mass is 217 g/mol. The van der Waals surface area contributed by atoms with Gasteiger partial charge in [0.25, 0.3) is 5.91 Å². The third-order valence-electron chi connectivity index (χ3n) is 2.24. The summed E-state index contributed by atoms with van der Waals surface area (Å²) in [5, 5.41) is 12.0. The van der Waals surface area contributed by atoms with Crippen molar-refractivity contribution >= 4 is 11.6 Å². The normalized spacial score (nSPS) is 10.1. The molecular weight excluding hydrogens is 206 g/mol. The third-order valence-corrected chi connectivity index (χ3v) is 2.24. The molecule has 0 atom stereocenters. The van der Waals surface area contributed by atoms with Gasteiger partial charge >= 0.3 is 0 Å². The molecule has 0 bridgehead atoms. The zero-order valence-corrected chi connectivity index (χ0v) is 8.73.